The van der Waals surface area contributed by atoms with Crippen LogP contribution in [0.4, 0.5) is 0 Å². The standard InChI is InChI=1S/C20H15N3O2S2/c1-2-11-25-16-8-4-3-6-14(16)13-17-19(24)23-20(27-17)21-18(22-23)10-9-15-7-5-12-26-15/h2-10,12-13H,1,11H2/b10-9+,17-13+. The maximum atomic E-state index is 12.7. The molecule has 0 saturated carbocycles. The lowest BCUT2D eigenvalue weighted by Crippen LogP contribution is -2.23. The minimum absolute atomic E-state index is 0.184. The molecule has 3 aromatic heterocycles. The number of rotatable bonds is 6. The summed E-state index contributed by atoms with van der Waals surface area (Å²) in [6, 6.07) is 11.6. The zero-order valence-electron chi connectivity index (χ0n) is 14.2. The largest absolute Gasteiger partial charge is 0.489 e. The van der Waals surface area contributed by atoms with Crippen molar-refractivity contribution >= 4 is 45.9 Å². The number of thiazole rings is 1. The van der Waals surface area contributed by atoms with Gasteiger partial charge in [-0.2, -0.15) is 9.50 Å². The highest BCUT2D eigenvalue weighted by Gasteiger charge is 2.09. The second kappa shape index (κ2) is 7.69. The summed E-state index contributed by atoms with van der Waals surface area (Å²) in [6.45, 7) is 4.06. The SMILES string of the molecule is C=CCOc1ccccc1/C=c1/sc2nc(/C=C/c3cccs3)nn2c1=O. The van der Waals surface area contributed by atoms with Crippen molar-refractivity contribution in [3.63, 3.8) is 0 Å². The lowest BCUT2D eigenvalue weighted by Gasteiger charge is -2.05. The minimum Gasteiger partial charge on any atom is -0.489 e. The van der Waals surface area contributed by atoms with Gasteiger partial charge in [0.05, 0.1) is 4.53 Å². The van der Waals surface area contributed by atoms with E-state index in [1.165, 1.54) is 15.9 Å². The third kappa shape index (κ3) is 3.74. The summed E-state index contributed by atoms with van der Waals surface area (Å²) in [4.78, 5) is 18.8. The Hall–Kier alpha value is -3.03. The van der Waals surface area contributed by atoms with E-state index >= 15 is 0 Å². The van der Waals surface area contributed by atoms with Crippen molar-refractivity contribution in [2.24, 2.45) is 0 Å². The molecular formula is C20H15N3O2S2. The van der Waals surface area contributed by atoms with Gasteiger partial charge in [-0.15, -0.1) is 16.4 Å². The lowest BCUT2D eigenvalue weighted by molar-refractivity contribution is 0.362. The van der Waals surface area contributed by atoms with Gasteiger partial charge < -0.3 is 4.74 Å². The van der Waals surface area contributed by atoms with Crippen LogP contribution in [-0.4, -0.2) is 21.2 Å². The number of thiophene rings is 1. The van der Waals surface area contributed by atoms with Crippen LogP contribution in [0.1, 0.15) is 16.3 Å². The summed E-state index contributed by atoms with van der Waals surface area (Å²) in [6.07, 6.45) is 7.24. The predicted molar refractivity (Wildman–Crippen MR) is 111 cm³/mol. The first kappa shape index (κ1) is 17.4. The van der Waals surface area contributed by atoms with Crippen molar-refractivity contribution in [1.82, 2.24) is 14.6 Å². The van der Waals surface area contributed by atoms with Crippen molar-refractivity contribution in [3.05, 3.63) is 85.6 Å². The smallest absolute Gasteiger partial charge is 0.291 e. The molecule has 0 atom stereocenters. The maximum absolute atomic E-state index is 12.7. The van der Waals surface area contributed by atoms with Gasteiger partial charge in [-0.1, -0.05) is 48.3 Å². The summed E-state index contributed by atoms with van der Waals surface area (Å²) in [5, 5.41) is 6.31. The van der Waals surface area contributed by atoms with E-state index in [2.05, 4.69) is 16.7 Å². The fourth-order valence-electron chi connectivity index (χ4n) is 2.48. The first-order valence-corrected chi connectivity index (χ1v) is 9.90. The average molecular weight is 393 g/mol. The minimum atomic E-state index is -0.184. The van der Waals surface area contributed by atoms with Crippen molar-refractivity contribution in [2.45, 2.75) is 0 Å². The highest BCUT2D eigenvalue weighted by molar-refractivity contribution is 7.15. The van der Waals surface area contributed by atoms with E-state index < -0.39 is 0 Å². The molecular weight excluding hydrogens is 378 g/mol. The molecule has 0 aliphatic heterocycles. The number of hydrogen-bond donors (Lipinski definition) is 0. The third-order valence-corrected chi connectivity index (χ3v) is 5.50. The Bertz CT molecular complexity index is 1220. The van der Waals surface area contributed by atoms with Gasteiger partial charge in [0.2, 0.25) is 4.96 Å². The van der Waals surface area contributed by atoms with Crippen LogP contribution in [-0.2, 0) is 0 Å². The first-order valence-electron chi connectivity index (χ1n) is 8.20. The molecule has 7 heteroatoms. The quantitative estimate of drug-likeness (QED) is 0.471. The summed E-state index contributed by atoms with van der Waals surface area (Å²) in [5.74, 6) is 1.23. The maximum Gasteiger partial charge on any atom is 0.291 e. The molecule has 0 saturated heterocycles. The fourth-order valence-corrected chi connectivity index (χ4v) is 4.01. The Labute approximate surface area is 163 Å². The van der Waals surface area contributed by atoms with Crippen LogP contribution in [0.3, 0.4) is 0 Å². The molecule has 0 bridgehead atoms. The Morgan fingerprint density at radius 2 is 2.07 bits per heavy atom. The topological polar surface area (TPSA) is 56.5 Å². The Morgan fingerprint density at radius 3 is 2.85 bits per heavy atom. The van der Waals surface area contributed by atoms with Crippen LogP contribution in [0, 0.1) is 0 Å². The number of para-hydroxylation sites is 1. The average Bonchev–Trinajstić information content (AvgIpc) is 3.39. The number of benzene rings is 1. The molecule has 0 amide bonds. The second-order valence-corrected chi connectivity index (χ2v) is 7.55. The van der Waals surface area contributed by atoms with Gasteiger partial charge in [0, 0.05) is 10.4 Å². The van der Waals surface area contributed by atoms with Gasteiger partial charge in [0.25, 0.3) is 5.56 Å². The van der Waals surface area contributed by atoms with E-state index in [4.69, 9.17) is 4.74 Å². The fraction of sp³-hybridized carbons (Fsp3) is 0.0500. The van der Waals surface area contributed by atoms with Crippen LogP contribution in [0.5, 0.6) is 5.75 Å². The molecule has 0 fully saturated rings. The molecule has 4 aromatic rings. The van der Waals surface area contributed by atoms with E-state index in [1.54, 1.807) is 17.4 Å². The van der Waals surface area contributed by atoms with E-state index in [0.29, 0.717) is 27.7 Å². The summed E-state index contributed by atoms with van der Waals surface area (Å²) in [5.41, 5.74) is 0.649. The highest BCUT2D eigenvalue weighted by atomic mass is 32.1. The molecule has 3 heterocycles. The van der Waals surface area contributed by atoms with E-state index in [-0.39, 0.29) is 5.56 Å². The van der Waals surface area contributed by atoms with Gasteiger partial charge >= 0.3 is 0 Å². The second-order valence-electron chi connectivity index (χ2n) is 5.57. The van der Waals surface area contributed by atoms with Gasteiger partial charge in [-0.3, -0.25) is 4.79 Å². The first-order chi connectivity index (χ1) is 13.2. The molecule has 27 heavy (non-hydrogen) atoms. The zero-order chi connectivity index (χ0) is 18.6. The van der Waals surface area contributed by atoms with Crippen LogP contribution in [0.25, 0.3) is 23.2 Å². The molecule has 0 N–H and O–H groups in total. The van der Waals surface area contributed by atoms with Crippen LogP contribution in [0.2, 0.25) is 0 Å². The number of nitrogens with zero attached hydrogens (tertiary/aromatic N) is 3. The van der Waals surface area contributed by atoms with Gasteiger partial charge in [0.15, 0.2) is 5.82 Å². The van der Waals surface area contributed by atoms with Crippen molar-refractivity contribution in [2.75, 3.05) is 6.61 Å². The van der Waals surface area contributed by atoms with E-state index in [0.717, 1.165) is 10.4 Å². The molecule has 0 unspecified atom stereocenters. The molecule has 0 aliphatic rings. The lowest BCUT2D eigenvalue weighted by atomic mass is 10.2. The highest BCUT2D eigenvalue weighted by Crippen LogP contribution is 2.19. The number of hydrogen-bond acceptors (Lipinski definition) is 6. The number of aromatic nitrogens is 3. The predicted octanol–water partition coefficient (Wildman–Crippen LogP) is 3.50. The van der Waals surface area contributed by atoms with E-state index in [1.807, 2.05) is 60.0 Å². The van der Waals surface area contributed by atoms with Crippen LogP contribution < -0.4 is 14.8 Å². The normalized spacial score (nSPS) is 12.2. The molecule has 0 aliphatic carbocycles. The monoisotopic (exact) mass is 393 g/mol. The Morgan fingerprint density at radius 1 is 1.19 bits per heavy atom. The molecule has 0 spiro atoms. The molecule has 1 aromatic carbocycles. The van der Waals surface area contributed by atoms with Gasteiger partial charge in [-0.05, 0) is 35.7 Å². The van der Waals surface area contributed by atoms with Gasteiger partial charge in [0.1, 0.15) is 12.4 Å². The zero-order valence-corrected chi connectivity index (χ0v) is 15.9. The van der Waals surface area contributed by atoms with Crippen LogP contribution >= 0.6 is 22.7 Å². The number of ether oxygens (including phenoxy) is 1. The molecule has 134 valence electrons. The Kier molecular flexibility index (Phi) is 4.95. The molecule has 5 nitrogen and oxygen atoms in total. The Balaban J connectivity index is 1.69. The molecule has 0 radical (unpaired) electrons. The van der Waals surface area contributed by atoms with Gasteiger partial charge in [-0.25, -0.2) is 0 Å². The summed E-state index contributed by atoms with van der Waals surface area (Å²) in [7, 11) is 0. The number of fused-ring (bicyclic) bond motifs is 1. The van der Waals surface area contributed by atoms with Crippen molar-refractivity contribution < 1.29 is 4.74 Å². The summed E-state index contributed by atoms with van der Waals surface area (Å²) >= 11 is 2.94. The summed E-state index contributed by atoms with van der Waals surface area (Å²) < 4.78 is 7.56. The third-order valence-electron chi connectivity index (χ3n) is 3.70. The van der Waals surface area contributed by atoms with E-state index in [9.17, 15) is 4.79 Å². The van der Waals surface area contributed by atoms with Crippen molar-refractivity contribution in [1.29, 1.82) is 0 Å². The van der Waals surface area contributed by atoms with Crippen molar-refractivity contribution in [3.8, 4) is 5.75 Å². The molecule has 4 rings (SSSR count). The van der Waals surface area contributed by atoms with Crippen LogP contribution in [0.15, 0.2) is 59.2 Å².